The number of carbonyl (C=O) groups excluding carboxylic acids is 2. The van der Waals surface area contributed by atoms with Crippen molar-refractivity contribution in [2.75, 3.05) is 24.5 Å². The predicted octanol–water partition coefficient (Wildman–Crippen LogP) is 3.07. The molecular weight excluding hydrogens is 364 g/mol. The van der Waals surface area contributed by atoms with Crippen molar-refractivity contribution in [3.63, 3.8) is 0 Å². The van der Waals surface area contributed by atoms with E-state index in [2.05, 4.69) is 34.6 Å². The van der Waals surface area contributed by atoms with Crippen molar-refractivity contribution < 1.29 is 9.59 Å². The lowest BCUT2D eigenvalue weighted by Crippen LogP contribution is -2.34. The minimum Gasteiger partial charge on any atom is -0.372 e. The van der Waals surface area contributed by atoms with Gasteiger partial charge in [-0.2, -0.15) is 5.10 Å². The van der Waals surface area contributed by atoms with E-state index in [0.29, 0.717) is 10.6 Å². The number of hydrogen-bond donors (Lipinski definition) is 2. The van der Waals surface area contributed by atoms with Crippen molar-refractivity contribution in [3.05, 3.63) is 64.7 Å². The Morgan fingerprint density at radius 1 is 1.04 bits per heavy atom. The van der Waals surface area contributed by atoms with Crippen LogP contribution in [-0.2, 0) is 4.79 Å². The van der Waals surface area contributed by atoms with Crippen molar-refractivity contribution in [1.82, 2.24) is 10.7 Å². The molecule has 0 bridgehead atoms. The summed E-state index contributed by atoms with van der Waals surface area (Å²) in [4.78, 5) is 25.9. The number of benzene rings is 2. The SMILES string of the molecule is CCN(CC)c1ccc(C=NNC(=O)CNC(=O)c2ccc(Cl)cc2)cc1. The highest BCUT2D eigenvalue weighted by atomic mass is 35.5. The summed E-state index contributed by atoms with van der Waals surface area (Å²) < 4.78 is 0. The standard InChI is InChI=1S/C20H23ClN4O2/c1-3-25(4-2)18-11-5-15(6-12-18)13-23-24-19(26)14-22-20(27)16-7-9-17(21)10-8-16/h5-13H,3-4,14H2,1-2H3,(H,22,27)(H,24,26). The molecule has 0 atom stereocenters. The topological polar surface area (TPSA) is 73.8 Å². The Morgan fingerprint density at radius 2 is 1.67 bits per heavy atom. The van der Waals surface area contributed by atoms with Crippen molar-refractivity contribution in [2.24, 2.45) is 5.10 Å². The van der Waals surface area contributed by atoms with E-state index < -0.39 is 5.91 Å². The molecule has 0 aliphatic heterocycles. The van der Waals surface area contributed by atoms with Gasteiger partial charge in [0.05, 0.1) is 12.8 Å². The molecule has 2 amide bonds. The van der Waals surface area contributed by atoms with Gasteiger partial charge in [-0.3, -0.25) is 9.59 Å². The molecule has 0 heterocycles. The lowest BCUT2D eigenvalue weighted by molar-refractivity contribution is -0.120. The Labute approximate surface area is 164 Å². The first-order chi connectivity index (χ1) is 13.0. The molecule has 6 nitrogen and oxygen atoms in total. The third-order valence-electron chi connectivity index (χ3n) is 3.94. The minimum absolute atomic E-state index is 0.167. The fourth-order valence-corrected chi connectivity index (χ4v) is 2.57. The number of hydrogen-bond acceptors (Lipinski definition) is 4. The van der Waals surface area contributed by atoms with E-state index in [9.17, 15) is 9.59 Å². The maximum Gasteiger partial charge on any atom is 0.259 e. The number of nitrogens with zero attached hydrogens (tertiary/aromatic N) is 2. The van der Waals surface area contributed by atoms with E-state index in [1.54, 1.807) is 30.5 Å². The van der Waals surface area contributed by atoms with Crippen LogP contribution in [-0.4, -0.2) is 37.7 Å². The first-order valence-electron chi connectivity index (χ1n) is 8.74. The second kappa shape index (κ2) is 10.3. The third-order valence-corrected chi connectivity index (χ3v) is 4.19. The number of nitrogens with one attached hydrogen (secondary N) is 2. The molecule has 0 radical (unpaired) electrons. The Hall–Kier alpha value is -2.86. The van der Waals surface area contributed by atoms with Crippen LogP contribution in [0.1, 0.15) is 29.8 Å². The molecule has 2 N–H and O–H groups in total. The van der Waals surface area contributed by atoms with Gasteiger partial charge >= 0.3 is 0 Å². The van der Waals surface area contributed by atoms with Crippen molar-refractivity contribution >= 4 is 35.3 Å². The molecule has 27 heavy (non-hydrogen) atoms. The number of halogens is 1. The molecule has 0 unspecified atom stereocenters. The average Bonchev–Trinajstić information content (AvgIpc) is 2.69. The van der Waals surface area contributed by atoms with Gasteiger partial charge in [0, 0.05) is 29.4 Å². The van der Waals surface area contributed by atoms with Gasteiger partial charge in [-0.1, -0.05) is 23.7 Å². The van der Waals surface area contributed by atoms with Crippen LogP contribution in [0.2, 0.25) is 5.02 Å². The van der Waals surface area contributed by atoms with Crippen LogP contribution in [0.15, 0.2) is 53.6 Å². The highest BCUT2D eigenvalue weighted by molar-refractivity contribution is 6.30. The summed E-state index contributed by atoms with van der Waals surface area (Å²) in [5, 5.41) is 6.98. The fourth-order valence-electron chi connectivity index (χ4n) is 2.44. The largest absolute Gasteiger partial charge is 0.372 e. The maximum absolute atomic E-state index is 11.9. The zero-order valence-electron chi connectivity index (χ0n) is 15.4. The lowest BCUT2D eigenvalue weighted by atomic mass is 10.2. The van der Waals surface area contributed by atoms with E-state index in [4.69, 9.17) is 11.6 Å². The maximum atomic E-state index is 11.9. The number of carbonyl (C=O) groups is 2. The second-order valence-corrected chi connectivity index (χ2v) is 6.18. The molecule has 2 aromatic rings. The molecule has 2 rings (SSSR count). The van der Waals surface area contributed by atoms with Crippen molar-refractivity contribution in [2.45, 2.75) is 13.8 Å². The van der Waals surface area contributed by atoms with Gasteiger partial charge in [0.1, 0.15) is 0 Å². The Kier molecular flexibility index (Phi) is 7.82. The molecule has 0 aliphatic rings. The summed E-state index contributed by atoms with van der Waals surface area (Å²) in [6.45, 7) is 5.95. The number of anilines is 1. The third kappa shape index (κ3) is 6.42. The molecule has 142 valence electrons. The first kappa shape index (κ1) is 20.5. The van der Waals surface area contributed by atoms with Gasteiger partial charge in [-0.05, 0) is 55.8 Å². The summed E-state index contributed by atoms with van der Waals surface area (Å²) in [6.07, 6.45) is 1.56. The van der Waals surface area contributed by atoms with Crippen LogP contribution < -0.4 is 15.6 Å². The van der Waals surface area contributed by atoms with Crippen LogP contribution >= 0.6 is 11.6 Å². The predicted molar refractivity (Wildman–Crippen MR) is 110 cm³/mol. The van der Waals surface area contributed by atoms with E-state index in [1.807, 2.05) is 24.3 Å². The van der Waals surface area contributed by atoms with Crippen LogP contribution in [0.5, 0.6) is 0 Å². The zero-order chi connectivity index (χ0) is 19.6. The Morgan fingerprint density at radius 3 is 2.26 bits per heavy atom. The lowest BCUT2D eigenvalue weighted by Gasteiger charge is -2.20. The van der Waals surface area contributed by atoms with E-state index >= 15 is 0 Å². The first-order valence-corrected chi connectivity index (χ1v) is 9.12. The average molecular weight is 387 g/mol. The highest BCUT2D eigenvalue weighted by Gasteiger charge is 2.07. The molecule has 0 fully saturated rings. The summed E-state index contributed by atoms with van der Waals surface area (Å²) >= 11 is 5.78. The van der Waals surface area contributed by atoms with Gasteiger partial charge in [0.25, 0.3) is 11.8 Å². The van der Waals surface area contributed by atoms with Gasteiger partial charge in [-0.15, -0.1) is 0 Å². The molecule has 0 saturated heterocycles. The van der Waals surface area contributed by atoms with Gasteiger partial charge < -0.3 is 10.2 Å². The van der Waals surface area contributed by atoms with E-state index in [1.165, 1.54) is 0 Å². The monoisotopic (exact) mass is 386 g/mol. The van der Waals surface area contributed by atoms with Crippen LogP contribution in [0.4, 0.5) is 5.69 Å². The smallest absolute Gasteiger partial charge is 0.259 e. The zero-order valence-corrected chi connectivity index (χ0v) is 16.2. The van der Waals surface area contributed by atoms with E-state index in [-0.39, 0.29) is 12.5 Å². The molecular formula is C20H23ClN4O2. The van der Waals surface area contributed by atoms with Gasteiger partial charge in [0.15, 0.2) is 0 Å². The summed E-state index contributed by atoms with van der Waals surface area (Å²) in [5.41, 5.74) is 4.84. The molecule has 0 saturated carbocycles. The Balaban J connectivity index is 1.79. The second-order valence-electron chi connectivity index (χ2n) is 5.75. The normalized spacial score (nSPS) is 10.6. The molecule has 0 aliphatic carbocycles. The molecule has 2 aromatic carbocycles. The van der Waals surface area contributed by atoms with Crippen LogP contribution in [0.25, 0.3) is 0 Å². The van der Waals surface area contributed by atoms with Crippen LogP contribution in [0.3, 0.4) is 0 Å². The highest BCUT2D eigenvalue weighted by Crippen LogP contribution is 2.14. The van der Waals surface area contributed by atoms with E-state index in [0.717, 1.165) is 24.3 Å². The fraction of sp³-hybridized carbons (Fsp3) is 0.250. The van der Waals surface area contributed by atoms with Gasteiger partial charge in [-0.25, -0.2) is 5.43 Å². The minimum atomic E-state index is -0.409. The van der Waals surface area contributed by atoms with Crippen LogP contribution in [0, 0.1) is 0 Å². The number of amides is 2. The van der Waals surface area contributed by atoms with Crippen molar-refractivity contribution in [1.29, 1.82) is 0 Å². The quantitative estimate of drug-likeness (QED) is 0.541. The summed E-state index contributed by atoms with van der Waals surface area (Å²) in [5.74, 6) is -0.758. The molecule has 7 heteroatoms. The summed E-state index contributed by atoms with van der Waals surface area (Å²) in [6, 6.07) is 14.3. The Bertz CT molecular complexity index is 785. The number of rotatable bonds is 8. The van der Waals surface area contributed by atoms with Crippen molar-refractivity contribution in [3.8, 4) is 0 Å². The number of hydrazone groups is 1. The molecule has 0 aromatic heterocycles. The van der Waals surface area contributed by atoms with Gasteiger partial charge in [0.2, 0.25) is 0 Å². The molecule has 0 spiro atoms. The summed E-state index contributed by atoms with van der Waals surface area (Å²) in [7, 11) is 0.